The van der Waals surface area contributed by atoms with Gasteiger partial charge in [0.25, 0.3) is 11.1 Å². The zero-order valence-electron chi connectivity index (χ0n) is 16.2. The van der Waals surface area contributed by atoms with Crippen LogP contribution in [-0.4, -0.2) is 55.5 Å². The summed E-state index contributed by atoms with van der Waals surface area (Å²) >= 11 is 1.13. The molecule has 0 saturated carbocycles. The fraction of sp³-hybridized carbons (Fsp3) is 0.286. The van der Waals surface area contributed by atoms with E-state index < -0.39 is 11.9 Å². The SMILES string of the molecule is O=C(COC(=O)CSc1nc2ccccc2o1)Nc1ccc(N2CCOCC2)cc1. The van der Waals surface area contributed by atoms with Gasteiger partial charge < -0.3 is 24.1 Å². The number of fused-ring (bicyclic) bond motifs is 1. The van der Waals surface area contributed by atoms with E-state index in [4.69, 9.17) is 13.9 Å². The number of carbonyl (C=O) groups is 2. The molecule has 0 bridgehead atoms. The lowest BCUT2D eigenvalue weighted by atomic mass is 10.2. The molecule has 4 rings (SSSR count). The summed E-state index contributed by atoms with van der Waals surface area (Å²) in [7, 11) is 0. The number of nitrogens with one attached hydrogen (secondary N) is 1. The second-order valence-electron chi connectivity index (χ2n) is 6.59. The predicted molar refractivity (Wildman–Crippen MR) is 114 cm³/mol. The summed E-state index contributed by atoms with van der Waals surface area (Å²) < 4.78 is 15.9. The molecule has 2 heterocycles. The zero-order valence-corrected chi connectivity index (χ0v) is 17.0. The van der Waals surface area contributed by atoms with Crippen LogP contribution in [0.3, 0.4) is 0 Å². The van der Waals surface area contributed by atoms with Gasteiger partial charge in [-0.15, -0.1) is 0 Å². The molecule has 1 N–H and O–H groups in total. The number of benzene rings is 2. The monoisotopic (exact) mass is 427 g/mol. The first-order valence-corrected chi connectivity index (χ1v) is 10.5. The van der Waals surface area contributed by atoms with Gasteiger partial charge in [-0.05, 0) is 36.4 Å². The maximum atomic E-state index is 12.0. The summed E-state index contributed by atoms with van der Waals surface area (Å²) in [6.07, 6.45) is 0. The average molecular weight is 427 g/mol. The number of rotatable bonds is 7. The highest BCUT2D eigenvalue weighted by Crippen LogP contribution is 2.23. The molecule has 9 heteroatoms. The minimum Gasteiger partial charge on any atom is -0.455 e. The lowest BCUT2D eigenvalue weighted by Gasteiger charge is -2.28. The van der Waals surface area contributed by atoms with E-state index in [0.717, 1.165) is 36.1 Å². The molecule has 0 atom stereocenters. The molecule has 0 unspecified atom stereocenters. The molecule has 0 aliphatic carbocycles. The number of para-hydroxylation sites is 2. The Labute approximate surface area is 177 Å². The van der Waals surface area contributed by atoms with Crippen LogP contribution in [0.15, 0.2) is 58.2 Å². The van der Waals surface area contributed by atoms with Crippen molar-refractivity contribution in [3.05, 3.63) is 48.5 Å². The number of anilines is 2. The first-order chi connectivity index (χ1) is 14.7. The number of aromatic nitrogens is 1. The third-order valence-corrected chi connectivity index (χ3v) is 5.28. The van der Waals surface area contributed by atoms with Crippen molar-refractivity contribution in [3.63, 3.8) is 0 Å². The van der Waals surface area contributed by atoms with Gasteiger partial charge >= 0.3 is 5.97 Å². The molecule has 3 aromatic rings. The normalized spacial score (nSPS) is 13.9. The van der Waals surface area contributed by atoms with Gasteiger partial charge in [0.05, 0.1) is 13.2 Å². The molecule has 0 spiro atoms. The lowest BCUT2D eigenvalue weighted by Crippen LogP contribution is -2.36. The van der Waals surface area contributed by atoms with Crippen LogP contribution in [0, 0.1) is 0 Å². The Morgan fingerprint density at radius 1 is 1.10 bits per heavy atom. The van der Waals surface area contributed by atoms with Crippen molar-refractivity contribution in [1.82, 2.24) is 4.98 Å². The van der Waals surface area contributed by atoms with Crippen LogP contribution in [0.2, 0.25) is 0 Å². The number of carbonyl (C=O) groups excluding carboxylic acids is 2. The van der Waals surface area contributed by atoms with Crippen molar-refractivity contribution in [2.24, 2.45) is 0 Å². The fourth-order valence-corrected chi connectivity index (χ4v) is 3.63. The number of hydrogen-bond acceptors (Lipinski definition) is 8. The molecular formula is C21H21N3O5S. The van der Waals surface area contributed by atoms with Crippen molar-refractivity contribution < 1.29 is 23.5 Å². The van der Waals surface area contributed by atoms with Gasteiger partial charge in [0.2, 0.25) is 0 Å². The third kappa shape index (κ3) is 5.31. The van der Waals surface area contributed by atoms with Crippen molar-refractivity contribution >= 4 is 46.1 Å². The minimum atomic E-state index is -0.514. The van der Waals surface area contributed by atoms with Gasteiger partial charge in [-0.1, -0.05) is 23.9 Å². The number of amides is 1. The van der Waals surface area contributed by atoms with Crippen molar-refractivity contribution in [2.45, 2.75) is 5.22 Å². The largest absolute Gasteiger partial charge is 0.455 e. The maximum absolute atomic E-state index is 12.0. The number of hydrogen-bond donors (Lipinski definition) is 1. The van der Waals surface area contributed by atoms with Gasteiger partial charge in [-0.25, -0.2) is 4.98 Å². The molecule has 1 saturated heterocycles. The van der Waals surface area contributed by atoms with Crippen molar-refractivity contribution in [2.75, 3.05) is 48.9 Å². The predicted octanol–water partition coefficient (Wildman–Crippen LogP) is 2.94. The van der Waals surface area contributed by atoms with E-state index in [1.807, 2.05) is 48.5 Å². The van der Waals surface area contributed by atoms with E-state index in [9.17, 15) is 9.59 Å². The van der Waals surface area contributed by atoms with Crippen molar-refractivity contribution in [3.8, 4) is 0 Å². The van der Waals surface area contributed by atoms with E-state index >= 15 is 0 Å². The molecule has 30 heavy (non-hydrogen) atoms. The van der Waals surface area contributed by atoms with E-state index in [2.05, 4.69) is 15.2 Å². The highest BCUT2D eigenvalue weighted by atomic mass is 32.2. The van der Waals surface area contributed by atoms with Crippen LogP contribution >= 0.6 is 11.8 Å². The van der Waals surface area contributed by atoms with Crippen LogP contribution in [0.25, 0.3) is 11.1 Å². The first-order valence-electron chi connectivity index (χ1n) is 9.54. The topological polar surface area (TPSA) is 93.9 Å². The number of morpholine rings is 1. The average Bonchev–Trinajstić information content (AvgIpc) is 3.20. The number of thioether (sulfide) groups is 1. The summed E-state index contributed by atoms with van der Waals surface area (Å²) in [5, 5.41) is 3.11. The van der Waals surface area contributed by atoms with Gasteiger partial charge in [0, 0.05) is 24.5 Å². The molecule has 8 nitrogen and oxygen atoms in total. The molecule has 156 valence electrons. The second-order valence-corrected chi connectivity index (χ2v) is 7.52. The summed E-state index contributed by atoms with van der Waals surface area (Å²) in [6, 6.07) is 14.9. The summed E-state index contributed by atoms with van der Waals surface area (Å²) in [6.45, 7) is 2.79. The lowest BCUT2D eigenvalue weighted by molar-refractivity contribution is -0.144. The summed E-state index contributed by atoms with van der Waals surface area (Å²) in [5.41, 5.74) is 3.12. The quantitative estimate of drug-likeness (QED) is 0.454. The molecule has 1 aliphatic heterocycles. The minimum absolute atomic E-state index is 0.00828. The van der Waals surface area contributed by atoms with E-state index in [1.165, 1.54) is 0 Å². The van der Waals surface area contributed by atoms with E-state index in [0.29, 0.717) is 29.7 Å². The highest BCUT2D eigenvalue weighted by molar-refractivity contribution is 7.99. The highest BCUT2D eigenvalue weighted by Gasteiger charge is 2.13. The number of esters is 1. The molecular weight excluding hydrogens is 406 g/mol. The molecule has 1 aromatic heterocycles. The Kier molecular flexibility index (Phi) is 6.50. The number of ether oxygens (including phenoxy) is 2. The summed E-state index contributed by atoms with van der Waals surface area (Å²) in [4.78, 5) is 30.4. The van der Waals surface area contributed by atoms with Crippen LogP contribution in [0.1, 0.15) is 0 Å². The Balaban J connectivity index is 1.19. The van der Waals surface area contributed by atoms with Crippen LogP contribution in [-0.2, 0) is 19.1 Å². The molecule has 0 radical (unpaired) electrons. The van der Waals surface area contributed by atoms with E-state index in [-0.39, 0.29) is 12.4 Å². The number of oxazole rings is 1. The summed E-state index contributed by atoms with van der Waals surface area (Å²) in [5.74, 6) is -0.900. The number of nitrogens with zero attached hydrogens (tertiary/aromatic N) is 2. The zero-order chi connectivity index (χ0) is 20.8. The molecule has 1 aliphatic rings. The van der Waals surface area contributed by atoms with Gasteiger partial charge in [-0.3, -0.25) is 9.59 Å². The van der Waals surface area contributed by atoms with Crippen LogP contribution in [0.5, 0.6) is 0 Å². The second kappa shape index (κ2) is 9.64. The van der Waals surface area contributed by atoms with Crippen molar-refractivity contribution in [1.29, 1.82) is 0 Å². The van der Waals surface area contributed by atoms with Gasteiger partial charge in [-0.2, -0.15) is 0 Å². The Hall–Kier alpha value is -3.04. The smallest absolute Gasteiger partial charge is 0.316 e. The Morgan fingerprint density at radius 2 is 1.87 bits per heavy atom. The maximum Gasteiger partial charge on any atom is 0.316 e. The van der Waals surface area contributed by atoms with Crippen LogP contribution < -0.4 is 10.2 Å². The van der Waals surface area contributed by atoms with Crippen LogP contribution in [0.4, 0.5) is 11.4 Å². The van der Waals surface area contributed by atoms with Gasteiger partial charge in [0.1, 0.15) is 11.3 Å². The first kappa shape index (κ1) is 20.2. The standard InChI is InChI=1S/C21H21N3O5S/c25-19(22-15-5-7-16(8-6-15)24-9-11-27-12-10-24)13-28-20(26)14-30-21-23-17-3-1-2-4-18(17)29-21/h1-8H,9-14H2,(H,22,25). The Morgan fingerprint density at radius 3 is 2.63 bits per heavy atom. The Bertz CT molecular complexity index is 982. The fourth-order valence-electron chi connectivity index (χ4n) is 3.00. The molecule has 1 amide bonds. The molecule has 1 fully saturated rings. The third-order valence-electron chi connectivity index (χ3n) is 4.48. The molecule has 2 aromatic carbocycles. The van der Waals surface area contributed by atoms with E-state index in [1.54, 1.807) is 0 Å². The van der Waals surface area contributed by atoms with Gasteiger partial charge in [0.15, 0.2) is 12.2 Å².